The molecule has 0 N–H and O–H groups in total. The van der Waals surface area contributed by atoms with E-state index in [0.29, 0.717) is 4.90 Å². The number of likely N-dealkylation sites (tertiary alicyclic amines) is 1. The second-order valence-electron chi connectivity index (χ2n) is 6.22. The fourth-order valence-corrected chi connectivity index (χ4v) is 4.89. The number of carbonyl (C=O) groups excluding carboxylic acids is 3. The number of alkyl halides is 3. The summed E-state index contributed by atoms with van der Waals surface area (Å²) in [5.41, 5.74) is -0.402. The van der Waals surface area contributed by atoms with E-state index in [-0.39, 0.29) is 52.6 Å². The number of hydrogen-bond donors (Lipinski definition) is 0. The summed E-state index contributed by atoms with van der Waals surface area (Å²) in [6.07, 6.45) is -5.05. The maximum Gasteiger partial charge on any atom is 1.00 e. The predicted molar refractivity (Wildman–Crippen MR) is 77.0 cm³/mol. The number of amides is 2. The number of aryl methyl sites for hydroxylation is 1. The number of hydrogen-bond acceptors (Lipinski definition) is 8. The molecular formula is C13H10F3N6NaO4S. The van der Waals surface area contributed by atoms with Crippen molar-refractivity contribution in [1.29, 1.82) is 0 Å². The summed E-state index contributed by atoms with van der Waals surface area (Å²) in [5, 5.41) is 22.7. The van der Waals surface area contributed by atoms with Gasteiger partial charge in [0.1, 0.15) is 6.04 Å². The van der Waals surface area contributed by atoms with Crippen LogP contribution in [0.25, 0.3) is 0 Å². The molecule has 1 unspecified atom stereocenters. The number of carboxylic acid groups (broad SMARTS) is 1. The molecule has 0 saturated carbocycles. The maximum atomic E-state index is 12.8. The quantitative estimate of drug-likeness (QED) is 0.349. The molecule has 0 aromatic carbocycles. The van der Waals surface area contributed by atoms with Gasteiger partial charge in [-0.15, -0.1) is 5.10 Å². The molecule has 144 valence electrons. The van der Waals surface area contributed by atoms with Crippen LogP contribution in [-0.4, -0.2) is 72.6 Å². The summed E-state index contributed by atoms with van der Waals surface area (Å²) in [6, 6.07) is -2.21. The number of nitrogens with zero attached hydrogens (tertiary/aromatic N) is 6. The van der Waals surface area contributed by atoms with E-state index >= 15 is 0 Å². The van der Waals surface area contributed by atoms with Gasteiger partial charge < -0.3 is 19.7 Å². The van der Waals surface area contributed by atoms with Gasteiger partial charge in [-0.1, -0.05) is 11.8 Å². The largest absolute Gasteiger partial charge is 1.00 e. The van der Waals surface area contributed by atoms with E-state index in [1.807, 2.05) is 0 Å². The first-order chi connectivity index (χ1) is 12.6. The summed E-state index contributed by atoms with van der Waals surface area (Å²) in [4.78, 5) is 37.3. The summed E-state index contributed by atoms with van der Waals surface area (Å²) in [6.45, 7) is -0.314. The monoisotopic (exact) mass is 426 g/mol. The SMILES string of the molecule is Cn1nnnc1SC1=C(C(=O)[O-])N2C(=O)[C@@H]3[C@H]2C1CCN3C(=O)C(F)(F)F.[Na+]. The molecule has 2 saturated heterocycles. The van der Waals surface area contributed by atoms with Crippen molar-refractivity contribution < 1.29 is 62.2 Å². The molecule has 3 atom stereocenters. The molecule has 1 aromatic rings. The van der Waals surface area contributed by atoms with Crippen LogP contribution < -0.4 is 34.7 Å². The number of aromatic nitrogens is 4. The van der Waals surface area contributed by atoms with Crippen LogP contribution in [0.5, 0.6) is 0 Å². The second kappa shape index (κ2) is 7.00. The van der Waals surface area contributed by atoms with E-state index in [1.165, 1.54) is 11.7 Å². The molecule has 15 heteroatoms. The van der Waals surface area contributed by atoms with Crippen molar-refractivity contribution in [2.75, 3.05) is 6.54 Å². The zero-order valence-corrected chi connectivity index (χ0v) is 17.3. The molecule has 2 amide bonds. The van der Waals surface area contributed by atoms with Crippen molar-refractivity contribution in [2.24, 2.45) is 13.0 Å². The number of carboxylic acids is 1. The molecule has 4 heterocycles. The Bertz CT molecular complexity index is 905. The average molecular weight is 426 g/mol. The van der Waals surface area contributed by atoms with Gasteiger partial charge in [-0.2, -0.15) is 13.2 Å². The molecule has 4 rings (SSSR count). The van der Waals surface area contributed by atoms with E-state index < -0.39 is 47.7 Å². The first-order valence-electron chi connectivity index (χ1n) is 7.69. The van der Waals surface area contributed by atoms with Gasteiger partial charge in [0.05, 0.1) is 17.7 Å². The average Bonchev–Trinajstić information content (AvgIpc) is 3.13. The third-order valence-electron chi connectivity index (χ3n) is 4.83. The Kier molecular flexibility index (Phi) is 5.27. The molecule has 3 aliphatic heterocycles. The van der Waals surface area contributed by atoms with Crippen molar-refractivity contribution in [3.05, 3.63) is 10.6 Å². The van der Waals surface area contributed by atoms with Gasteiger partial charge >= 0.3 is 41.6 Å². The minimum Gasteiger partial charge on any atom is -0.543 e. The summed E-state index contributed by atoms with van der Waals surface area (Å²) >= 11 is 0.920. The Morgan fingerprint density at radius 3 is 2.54 bits per heavy atom. The molecule has 0 radical (unpaired) electrons. The Morgan fingerprint density at radius 1 is 1.32 bits per heavy atom. The van der Waals surface area contributed by atoms with E-state index in [2.05, 4.69) is 15.5 Å². The van der Waals surface area contributed by atoms with E-state index in [1.54, 1.807) is 0 Å². The van der Waals surface area contributed by atoms with Gasteiger partial charge in [-0.25, -0.2) is 4.68 Å². The smallest absolute Gasteiger partial charge is 0.543 e. The fourth-order valence-electron chi connectivity index (χ4n) is 3.76. The molecule has 0 bridgehead atoms. The van der Waals surface area contributed by atoms with E-state index in [9.17, 15) is 32.7 Å². The minimum absolute atomic E-state index is 0. The number of β-lactam (4-membered cyclic amide) rings is 1. The zero-order valence-electron chi connectivity index (χ0n) is 14.5. The first-order valence-corrected chi connectivity index (χ1v) is 8.51. The molecule has 0 aliphatic carbocycles. The molecule has 28 heavy (non-hydrogen) atoms. The molecular weight excluding hydrogens is 416 g/mol. The Labute approximate surface area is 181 Å². The van der Waals surface area contributed by atoms with Crippen LogP contribution in [-0.2, 0) is 21.4 Å². The topological polar surface area (TPSA) is 124 Å². The molecule has 2 fully saturated rings. The van der Waals surface area contributed by atoms with Crippen LogP contribution >= 0.6 is 11.8 Å². The Balaban J connectivity index is 0.00000225. The van der Waals surface area contributed by atoms with Gasteiger partial charge in [0.25, 0.3) is 5.91 Å². The van der Waals surface area contributed by atoms with Gasteiger partial charge in [-0.05, 0) is 16.8 Å². The van der Waals surface area contributed by atoms with Crippen LogP contribution in [0.15, 0.2) is 15.8 Å². The zero-order chi connectivity index (χ0) is 19.7. The Hall–Kier alpha value is -1.64. The minimum atomic E-state index is -5.11. The number of carbonyl (C=O) groups is 3. The van der Waals surface area contributed by atoms with Crippen LogP contribution in [0.1, 0.15) is 6.42 Å². The van der Waals surface area contributed by atoms with Crippen molar-refractivity contribution in [1.82, 2.24) is 30.0 Å². The summed E-state index contributed by atoms with van der Waals surface area (Å²) in [7, 11) is 1.53. The third-order valence-corrected chi connectivity index (χ3v) is 6.08. The number of thioether (sulfide) groups is 1. The second-order valence-corrected chi connectivity index (χ2v) is 7.23. The van der Waals surface area contributed by atoms with Crippen molar-refractivity contribution in [2.45, 2.75) is 29.8 Å². The molecule has 1 aromatic heterocycles. The standard InChI is InChI=1S/C13H11F3N6O4S.Na/c1-20-12(17-18-19-20)27-8-4-2-3-21(11(26)13(14,15)16)6-5(4)22(9(6)23)7(8)10(24)25;/h4-6H,2-3H2,1H3,(H,24,25);/q;+1/p-1/t4?,5-,6+;/m1./s1. The van der Waals surface area contributed by atoms with Crippen molar-refractivity contribution in [3.8, 4) is 0 Å². The van der Waals surface area contributed by atoms with Crippen LogP contribution in [0, 0.1) is 5.92 Å². The van der Waals surface area contributed by atoms with Crippen LogP contribution in [0.3, 0.4) is 0 Å². The van der Waals surface area contributed by atoms with Gasteiger partial charge in [-0.3, -0.25) is 9.59 Å². The number of halogens is 3. The van der Waals surface area contributed by atoms with E-state index in [0.717, 1.165) is 16.7 Å². The normalized spacial score (nSPS) is 26.0. The van der Waals surface area contributed by atoms with Crippen LogP contribution in [0.4, 0.5) is 13.2 Å². The van der Waals surface area contributed by atoms with E-state index in [4.69, 9.17) is 0 Å². The number of aliphatic carboxylic acids is 1. The number of tetrazole rings is 1. The summed E-state index contributed by atoms with van der Waals surface area (Å²) < 4.78 is 39.7. The number of rotatable bonds is 3. The van der Waals surface area contributed by atoms with Crippen molar-refractivity contribution >= 4 is 29.5 Å². The number of piperidine rings is 1. The third kappa shape index (κ3) is 2.93. The maximum absolute atomic E-state index is 12.8. The van der Waals surface area contributed by atoms with Crippen LogP contribution in [0.2, 0.25) is 0 Å². The summed E-state index contributed by atoms with van der Waals surface area (Å²) in [5.74, 6) is -5.14. The van der Waals surface area contributed by atoms with Gasteiger partial charge in [0.15, 0.2) is 0 Å². The predicted octanol–water partition coefficient (Wildman–Crippen LogP) is -4.73. The van der Waals surface area contributed by atoms with Gasteiger partial charge in [0.2, 0.25) is 5.16 Å². The fraction of sp³-hybridized carbons (Fsp3) is 0.538. The molecule has 10 nitrogen and oxygen atoms in total. The van der Waals surface area contributed by atoms with Crippen molar-refractivity contribution in [3.63, 3.8) is 0 Å². The first kappa shape index (κ1) is 21.1. The molecule has 3 aliphatic rings. The Morgan fingerprint density at radius 2 is 2.00 bits per heavy atom. The van der Waals surface area contributed by atoms with Gasteiger partial charge in [0, 0.05) is 24.4 Å². The molecule has 0 spiro atoms.